The van der Waals surface area contributed by atoms with Crippen molar-refractivity contribution < 1.29 is 9.47 Å². The number of pyridine rings is 1. The van der Waals surface area contributed by atoms with E-state index in [1.54, 1.807) is 12.4 Å². The van der Waals surface area contributed by atoms with Gasteiger partial charge in [-0.25, -0.2) is 4.68 Å². The van der Waals surface area contributed by atoms with Crippen LogP contribution in [0.15, 0.2) is 47.9 Å². The number of hydrogen-bond acceptors (Lipinski definition) is 7. The third kappa shape index (κ3) is 2.68. The lowest BCUT2D eigenvalue weighted by Crippen LogP contribution is -2.11. The molecule has 0 atom stereocenters. The number of thioether (sulfide) groups is 1. The summed E-state index contributed by atoms with van der Waals surface area (Å²) in [5.74, 6) is 8.93. The van der Waals surface area contributed by atoms with Crippen molar-refractivity contribution in [2.45, 2.75) is 10.9 Å². The van der Waals surface area contributed by atoms with Crippen LogP contribution in [0.1, 0.15) is 5.56 Å². The summed E-state index contributed by atoms with van der Waals surface area (Å²) < 4.78 is 12.2. The molecule has 0 saturated carbocycles. The van der Waals surface area contributed by atoms with E-state index in [4.69, 9.17) is 15.3 Å². The van der Waals surface area contributed by atoms with Crippen LogP contribution in [0.2, 0.25) is 0 Å². The van der Waals surface area contributed by atoms with Crippen LogP contribution in [0.4, 0.5) is 0 Å². The van der Waals surface area contributed by atoms with Gasteiger partial charge < -0.3 is 15.3 Å². The van der Waals surface area contributed by atoms with Crippen LogP contribution in [0.5, 0.6) is 11.5 Å². The SMILES string of the molecule is Nn1c(SCc2ccc3c(c2)OCO3)nnc1-c1cccnc1. The highest BCUT2D eigenvalue weighted by Crippen LogP contribution is 2.34. The van der Waals surface area contributed by atoms with Gasteiger partial charge in [0.15, 0.2) is 17.3 Å². The van der Waals surface area contributed by atoms with Gasteiger partial charge in [-0.05, 0) is 29.8 Å². The first-order chi connectivity index (χ1) is 11.3. The monoisotopic (exact) mass is 327 g/mol. The van der Waals surface area contributed by atoms with Gasteiger partial charge in [-0.2, -0.15) is 0 Å². The molecule has 116 valence electrons. The van der Waals surface area contributed by atoms with E-state index in [0.29, 0.717) is 16.7 Å². The Kier molecular flexibility index (Phi) is 3.51. The number of nitrogens with zero attached hydrogens (tertiary/aromatic N) is 4. The van der Waals surface area contributed by atoms with E-state index in [1.807, 2.05) is 30.3 Å². The Labute approximate surface area is 136 Å². The van der Waals surface area contributed by atoms with Gasteiger partial charge >= 0.3 is 0 Å². The van der Waals surface area contributed by atoms with Crippen molar-refractivity contribution in [1.29, 1.82) is 0 Å². The molecule has 0 saturated heterocycles. The molecule has 0 spiro atoms. The Bertz CT molecular complexity index is 837. The molecule has 2 aromatic heterocycles. The second kappa shape index (κ2) is 5.81. The van der Waals surface area contributed by atoms with Gasteiger partial charge in [-0.15, -0.1) is 10.2 Å². The first-order valence-electron chi connectivity index (χ1n) is 6.93. The van der Waals surface area contributed by atoms with E-state index in [9.17, 15) is 0 Å². The second-order valence-corrected chi connectivity index (χ2v) is 5.84. The molecule has 0 radical (unpaired) electrons. The fraction of sp³-hybridized carbons (Fsp3) is 0.133. The number of rotatable bonds is 4. The molecule has 7 nitrogen and oxygen atoms in total. The quantitative estimate of drug-likeness (QED) is 0.579. The molecule has 0 aliphatic carbocycles. The minimum atomic E-state index is 0.275. The number of nitrogen functional groups attached to an aromatic ring is 1. The van der Waals surface area contributed by atoms with Crippen molar-refractivity contribution in [3.8, 4) is 22.9 Å². The first kappa shape index (κ1) is 13.9. The maximum Gasteiger partial charge on any atom is 0.231 e. The molecule has 3 aromatic rings. The van der Waals surface area contributed by atoms with E-state index in [-0.39, 0.29) is 6.79 Å². The van der Waals surface area contributed by atoms with E-state index in [1.165, 1.54) is 16.4 Å². The van der Waals surface area contributed by atoms with E-state index < -0.39 is 0 Å². The van der Waals surface area contributed by atoms with Gasteiger partial charge in [0.1, 0.15) is 0 Å². The molecule has 2 N–H and O–H groups in total. The predicted octanol–water partition coefficient (Wildman–Crippen LogP) is 2.07. The van der Waals surface area contributed by atoms with Crippen molar-refractivity contribution >= 4 is 11.8 Å². The molecule has 0 fully saturated rings. The van der Waals surface area contributed by atoms with Crippen molar-refractivity contribution in [2.75, 3.05) is 12.6 Å². The summed E-state index contributed by atoms with van der Waals surface area (Å²) in [4.78, 5) is 4.07. The summed E-state index contributed by atoms with van der Waals surface area (Å²) >= 11 is 1.51. The summed E-state index contributed by atoms with van der Waals surface area (Å²) in [6, 6.07) is 9.61. The second-order valence-electron chi connectivity index (χ2n) is 4.89. The predicted molar refractivity (Wildman–Crippen MR) is 85.5 cm³/mol. The number of nitrogens with two attached hydrogens (primary N) is 1. The highest BCUT2D eigenvalue weighted by atomic mass is 32.2. The summed E-state index contributed by atoms with van der Waals surface area (Å²) in [5, 5.41) is 8.93. The Morgan fingerprint density at radius 3 is 2.96 bits per heavy atom. The average Bonchev–Trinajstić information content (AvgIpc) is 3.20. The average molecular weight is 327 g/mol. The highest BCUT2D eigenvalue weighted by Gasteiger charge is 2.15. The molecular formula is C15H13N5O2S. The minimum Gasteiger partial charge on any atom is -0.454 e. The minimum absolute atomic E-state index is 0.275. The zero-order valence-corrected chi connectivity index (χ0v) is 12.9. The van der Waals surface area contributed by atoms with Crippen LogP contribution in [0.25, 0.3) is 11.4 Å². The Morgan fingerprint density at radius 1 is 1.17 bits per heavy atom. The molecule has 0 bridgehead atoms. The molecule has 1 aliphatic heterocycles. The molecule has 8 heteroatoms. The fourth-order valence-electron chi connectivity index (χ4n) is 2.25. The molecule has 23 heavy (non-hydrogen) atoms. The van der Waals surface area contributed by atoms with Gasteiger partial charge in [-0.3, -0.25) is 4.98 Å². The lowest BCUT2D eigenvalue weighted by molar-refractivity contribution is 0.174. The zero-order valence-electron chi connectivity index (χ0n) is 12.0. The van der Waals surface area contributed by atoms with Gasteiger partial charge in [0.05, 0.1) is 0 Å². The maximum absolute atomic E-state index is 6.09. The number of benzene rings is 1. The van der Waals surface area contributed by atoms with Crippen LogP contribution in [-0.4, -0.2) is 26.7 Å². The molecule has 0 unspecified atom stereocenters. The Hall–Kier alpha value is -2.74. The number of fused-ring (bicyclic) bond motifs is 1. The lowest BCUT2D eigenvalue weighted by atomic mass is 10.2. The summed E-state index contributed by atoms with van der Waals surface area (Å²) in [6.45, 7) is 0.275. The zero-order chi connectivity index (χ0) is 15.6. The van der Waals surface area contributed by atoms with Crippen molar-refractivity contribution in [3.05, 3.63) is 48.3 Å². The van der Waals surface area contributed by atoms with Crippen LogP contribution in [0, 0.1) is 0 Å². The van der Waals surface area contributed by atoms with Gasteiger partial charge in [0.2, 0.25) is 11.9 Å². The van der Waals surface area contributed by atoms with E-state index in [0.717, 1.165) is 22.6 Å². The maximum atomic E-state index is 6.09. The summed E-state index contributed by atoms with van der Waals surface area (Å²) in [5.41, 5.74) is 1.93. The van der Waals surface area contributed by atoms with Gasteiger partial charge in [0.25, 0.3) is 0 Å². The molecule has 1 aromatic carbocycles. The van der Waals surface area contributed by atoms with Crippen molar-refractivity contribution in [3.63, 3.8) is 0 Å². The molecule has 0 amide bonds. The molecule has 1 aliphatic rings. The normalized spacial score (nSPS) is 12.5. The largest absolute Gasteiger partial charge is 0.454 e. The van der Waals surface area contributed by atoms with Crippen LogP contribution < -0.4 is 15.3 Å². The van der Waals surface area contributed by atoms with Crippen LogP contribution >= 0.6 is 11.8 Å². The smallest absolute Gasteiger partial charge is 0.231 e. The van der Waals surface area contributed by atoms with E-state index >= 15 is 0 Å². The Balaban J connectivity index is 1.51. The standard InChI is InChI=1S/C15H13N5O2S/c16-20-14(11-2-1-5-17-7-11)18-19-15(20)23-8-10-3-4-12-13(6-10)22-9-21-12/h1-7H,8-9,16H2. The summed E-state index contributed by atoms with van der Waals surface area (Å²) in [6.07, 6.45) is 3.41. The third-order valence-corrected chi connectivity index (χ3v) is 4.40. The molecular weight excluding hydrogens is 314 g/mol. The lowest BCUT2D eigenvalue weighted by Gasteiger charge is -2.04. The third-order valence-electron chi connectivity index (χ3n) is 3.39. The Morgan fingerprint density at radius 2 is 2.09 bits per heavy atom. The number of aromatic nitrogens is 4. The molecule has 4 rings (SSSR count). The van der Waals surface area contributed by atoms with Gasteiger partial charge in [0, 0.05) is 23.7 Å². The van der Waals surface area contributed by atoms with Crippen molar-refractivity contribution in [1.82, 2.24) is 19.9 Å². The van der Waals surface area contributed by atoms with Crippen LogP contribution in [-0.2, 0) is 5.75 Å². The van der Waals surface area contributed by atoms with Crippen molar-refractivity contribution in [2.24, 2.45) is 0 Å². The fourth-order valence-corrected chi connectivity index (χ4v) is 3.05. The topological polar surface area (TPSA) is 88.1 Å². The first-order valence-corrected chi connectivity index (χ1v) is 7.92. The molecule has 3 heterocycles. The van der Waals surface area contributed by atoms with Crippen LogP contribution in [0.3, 0.4) is 0 Å². The highest BCUT2D eigenvalue weighted by molar-refractivity contribution is 7.98. The summed E-state index contributed by atoms with van der Waals surface area (Å²) in [7, 11) is 0. The number of hydrogen-bond donors (Lipinski definition) is 1. The van der Waals surface area contributed by atoms with E-state index in [2.05, 4.69) is 15.2 Å². The number of ether oxygens (including phenoxy) is 2. The van der Waals surface area contributed by atoms with Gasteiger partial charge in [-0.1, -0.05) is 17.8 Å².